The molecule has 3 heteroatoms. The van der Waals surface area contributed by atoms with E-state index in [1.54, 1.807) is 0 Å². The van der Waals surface area contributed by atoms with Crippen LogP contribution in [0.1, 0.15) is 13.8 Å². The Morgan fingerprint density at radius 2 is 1.43 bits per heavy atom. The Morgan fingerprint density at radius 1 is 1.14 bits per heavy atom. The van der Waals surface area contributed by atoms with Crippen LogP contribution in [0.25, 0.3) is 0 Å². The second kappa shape index (κ2) is 2.41. The molecular formula is C4H10B2N+. The highest BCUT2D eigenvalue weighted by atomic mass is 15.2. The molecule has 0 aromatic carbocycles. The van der Waals surface area contributed by atoms with Crippen molar-refractivity contribution in [1.82, 2.24) is 0 Å². The van der Waals surface area contributed by atoms with Gasteiger partial charge in [-0.15, -0.1) is 0 Å². The van der Waals surface area contributed by atoms with Crippen LogP contribution in [0.5, 0.6) is 0 Å². The first-order chi connectivity index (χ1) is 3.12. The fourth-order valence-corrected chi connectivity index (χ4v) is 0.224. The summed E-state index contributed by atoms with van der Waals surface area (Å²) in [4.78, 5) is 0. The largest absolute Gasteiger partial charge is 0.473 e. The van der Waals surface area contributed by atoms with Gasteiger partial charge in [-0.1, -0.05) is 0 Å². The van der Waals surface area contributed by atoms with Gasteiger partial charge < -0.3 is 4.31 Å². The fourth-order valence-electron chi connectivity index (χ4n) is 0.224. The monoisotopic (exact) mass is 94.1 g/mol. The maximum atomic E-state index is 5.43. The lowest BCUT2D eigenvalue weighted by atomic mass is 10.0. The van der Waals surface area contributed by atoms with Crippen LogP contribution >= 0.6 is 0 Å². The predicted molar refractivity (Wildman–Crippen MR) is 32.9 cm³/mol. The van der Waals surface area contributed by atoms with E-state index in [1.807, 2.05) is 13.8 Å². The maximum Gasteiger partial charge on any atom is 0.456 e. The van der Waals surface area contributed by atoms with Crippen LogP contribution in [0, 0.1) is 0 Å². The zero-order valence-corrected chi connectivity index (χ0v) is 5.02. The molecule has 1 nitrogen and oxygen atoms in total. The molecule has 0 unspecified atom stereocenters. The van der Waals surface area contributed by atoms with Crippen LogP contribution in [-0.2, 0) is 0 Å². The molecule has 7 heavy (non-hydrogen) atoms. The molecule has 0 aliphatic carbocycles. The minimum absolute atomic E-state index is 0.139. The predicted octanol–water partition coefficient (Wildman–Crippen LogP) is 0.01000. The van der Waals surface area contributed by atoms with E-state index >= 15 is 0 Å². The third-order valence-electron chi connectivity index (χ3n) is 1.18. The summed E-state index contributed by atoms with van der Waals surface area (Å²) in [6.07, 6.45) is 0. The molecule has 0 atom stereocenters. The molecule has 0 saturated carbocycles. The van der Waals surface area contributed by atoms with E-state index in [9.17, 15) is 0 Å². The van der Waals surface area contributed by atoms with Crippen molar-refractivity contribution in [2.75, 3.05) is 13.1 Å². The molecule has 0 fully saturated rings. The van der Waals surface area contributed by atoms with Crippen molar-refractivity contribution in [1.29, 1.82) is 0 Å². The number of hydrogen-bond acceptors (Lipinski definition) is 0. The summed E-state index contributed by atoms with van der Waals surface area (Å²) in [7, 11) is 10.9. The highest BCUT2D eigenvalue weighted by Gasteiger charge is 2.07. The quantitative estimate of drug-likeness (QED) is 0.422. The van der Waals surface area contributed by atoms with E-state index in [4.69, 9.17) is 16.0 Å². The van der Waals surface area contributed by atoms with Crippen molar-refractivity contribution in [3.63, 3.8) is 0 Å². The molecule has 0 amide bonds. The van der Waals surface area contributed by atoms with Crippen LogP contribution in [0.3, 0.4) is 0 Å². The van der Waals surface area contributed by atoms with Gasteiger partial charge in [0.05, 0.1) is 0 Å². The van der Waals surface area contributed by atoms with E-state index in [1.165, 1.54) is 0 Å². The van der Waals surface area contributed by atoms with E-state index in [-0.39, 0.29) is 4.31 Å². The standard InChI is InChI=1S/C4H10B2N/c1-3-7(5,6)4-2/h3-4H2,1-2H3/q+1. The number of rotatable bonds is 2. The Morgan fingerprint density at radius 3 is 1.43 bits per heavy atom. The molecule has 0 aliphatic heterocycles. The van der Waals surface area contributed by atoms with Gasteiger partial charge in [-0.3, -0.25) is 0 Å². The van der Waals surface area contributed by atoms with Crippen LogP contribution in [0.4, 0.5) is 0 Å². The fraction of sp³-hybridized carbons (Fsp3) is 1.00. The van der Waals surface area contributed by atoms with E-state index in [0.29, 0.717) is 0 Å². The van der Waals surface area contributed by atoms with Gasteiger partial charge in [0.2, 0.25) is 0 Å². The van der Waals surface area contributed by atoms with Crippen molar-refractivity contribution < 1.29 is 4.31 Å². The van der Waals surface area contributed by atoms with Crippen molar-refractivity contribution in [3.05, 3.63) is 0 Å². The van der Waals surface area contributed by atoms with Crippen molar-refractivity contribution in [2.24, 2.45) is 0 Å². The highest BCUT2D eigenvalue weighted by Crippen LogP contribution is 1.88. The molecule has 0 rings (SSSR count). The third-order valence-corrected chi connectivity index (χ3v) is 1.18. The van der Waals surface area contributed by atoms with Crippen LogP contribution < -0.4 is 0 Å². The van der Waals surface area contributed by atoms with Gasteiger partial charge in [0.25, 0.3) is 0 Å². The SMILES string of the molecule is [B][N+]([B])(CC)CC. The number of nitrogens with zero attached hydrogens (tertiary/aromatic N) is 1. The lowest BCUT2D eigenvalue weighted by molar-refractivity contribution is -0.689. The zero-order chi connectivity index (χ0) is 5.91. The topological polar surface area (TPSA) is 0 Å². The lowest BCUT2D eigenvalue weighted by Crippen LogP contribution is -2.42. The smallest absolute Gasteiger partial charge is 0.456 e. The first-order valence-electron chi connectivity index (χ1n) is 2.56. The summed E-state index contributed by atoms with van der Waals surface area (Å²) in [6, 6.07) is 0. The second-order valence-corrected chi connectivity index (χ2v) is 1.74. The first-order valence-corrected chi connectivity index (χ1v) is 2.56. The molecule has 0 N–H and O–H groups in total. The molecule has 0 aromatic heterocycles. The van der Waals surface area contributed by atoms with Crippen molar-refractivity contribution in [3.8, 4) is 0 Å². The van der Waals surface area contributed by atoms with E-state index < -0.39 is 0 Å². The van der Waals surface area contributed by atoms with Crippen LogP contribution in [0.15, 0.2) is 0 Å². The average molecular weight is 93.8 g/mol. The molecule has 0 spiro atoms. The molecule has 36 valence electrons. The Kier molecular flexibility index (Phi) is 2.44. The Labute approximate surface area is 48.2 Å². The van der Waals surface area contributed by atoms with Gasteiger partial charge in [-0.2, -0.15) is 0 Å². The average Bonchev–Trinajstić information content (AvgIpc) is 1.68. The minimum Gasteiger partial charge on any atom is -0.473 e. The van der Waals surface area contributed by atoms with Crippen molar-refractivity contribution >= 4 is 16.0 Å². The van der Waals surface area contributed by atoms with Gasteiger partial charge in [0.15, 0.2) is 0 Å². The second-order valence-electron chi connectivity index (χ2n) is 1.74. The number of hydrogen-bond donors (Lipinski definition) is 0. The van der Waals surface area contributed by atoms with Gasteiger partial charge in [-0.25, -0.2) is 0 Å². The Bertz CT molecular complexity index is 47.7. The Hall–Kier alpha value is 0.0899. The first kappa shape index (κ1) is 7.09. The molecule has 0 saturated heterocycles. The normalized spacial score (nSPS) is 11.7. The van der Waals surface area contributed by atoms with E-state index in [0.717, 1.165) is 13.1 Å². The molecule has 0 aliphatic rings. The molecule has 4 radical (unpaired) electrons. The third kappa shape index (κ3) is 2.75. The highest BCUT2D eigenvalue weighted by molar-refractivity contribution is 6.14. The summed E-state index contributed by atoms with van der Waals surface area (Å²) in [6.45, 7) is 5.50. The minimum atomic E-state index is 0.139. The molecule has 0 bridgehead atoms. The van der Waals surface area contributed by atoms with Gasteiger partial charge in [-0.05, 0) is 13.8 Å². The van der Waals surface area contributed by atoms with E-state index in [2.05, 4.69) is 0 Å². The molecule has 0 heterocycles. The summed E-state index contributed by atoms with van der Waals surface area (Å²) in [5.41, 5.74) is 0. The van der Waals surface area contributed by atoms with Crippen molar-refractivity contribution in [2.45, 2.75) is 13.8 Å². The summed E-state index contributed by atoms with van der Waals surface area (Å²) in [5.74, 6) is 0. The zero-order valence-electron chi connectivity index (χ0n) is 5.02. The molecular weight excluding hydrogens is 83.7 g/mol. The summed E-state index contributed by atoms with van der Waals surface area (Å²) >= 11 is 0. The Balaban J connectivity index is 3.36. The van der Waals surface area contributed by atoms with Gasteiger partial charge in [0.1, 0.15) is 0 Å². The number of quaternary nitrogens is 1. The summed E-state index contributed by atoms with van der Waals surface area (Å²) in [5, 5.41) is 0. The van der Waals surface area contributed by atoms with Crippen LogP contribution in [-0.4, -0.2) is 33.4 Å². The maximum absolute atomic E-state index is 5.43. The molecule has 0 aromatic rings. The summed E-state index contributed by atoms with van der Waals surface area (Å²) < 4.78 is 0.139. The van der Waals surface area contributed by atoms with Gasteiger partial charge in [0, 0.05) is 13.1 Å². The van der Waals surface area contributed by atoms with Crippen LogP contribution in [0.2, 0.25) is 0 Å². The van der Waals surface area contributed by atoms with Gasteiger partial charge >= 0.3 is 16.0 Å². The lowest BCUT2D eigenvalue weighted by Gasteiger charge is -2.27.